The van der Waals surface area contributed by atoms with Crippen LogP contribution in [0.1, 0.15) is 16.1 Å². The quantitative estimate of drug-likeness (QED) is 0.647. The van der Waals surface area contributed by atoms with Gasteiger partial charge in [0.05, 0.1) is 11.4 Å². The number of benzene rings is 1. The summed E-state index contributed by atoms with van der Waals surface area (Å²) in [5.74, 6) is 0.615. The summed E-state index contributed by atoms with van der Waals surface area (Å²) in [7, 11) is 0. The van der Waals surface area contributed by atoms with E-state index in [2.05, 4.69) is 18.0 Å². The molecule has 1 N–H and O–H groups in total. The third-order valence-electron chi connectivity index (χ3n) is 2.35. The predicted octanol–water partition coefficient (Wildman–Crippen LogP) is 3.30. The SMILES string of the molecule is Cc1ccccc1SCC(=O)c1ccc[nH]1. The molecule has 0 aliphatic rings. The number of hydrogen-bond donors (Lipinski definition) is 1. The third-order valence-corrected chi connectivity index (χ3v) is 3.53. The Kier molecular flexibility index (Phi) is 3.47. The Labute approximate surface area is 99.1 Å². The van der Waals surface area contributed by atoms with E-state index < -0.39 is 0 Å². The van der Waals surface area contributed by atoms with Gasteiger partial charge in [-0.15, -0.1) is 11.8 Å². The number of nitrogens with one attached hydrogen (secondary N) is 1. The van der Waals surface area contributed by atoms with Gasteiger partial charge in [0.1, 0.15) is 0 Å². The molecule has 1 aromatic heterocycles. The van der Waals surface area contributed by atoms with E-state index in [1.807, 2.05) is 24.3 Å². The van der Waals surface area contributed by atoms with Crippen LogP contribution in [0.25, 0.3) is 0 Å². The maximum atomic E-state index is 11.7. The zero-order chi connectivity index (χ0) is 11.4. The van der Waals surface area contributed by atoms with Crippen LogP contribution in [0.2, 0.25) is 0 Å². The van der Waals surface area contributed by atoms with Crippen molar-refractivity contribution in [2.75, 3.05) is 5.75 Å². The van der Waals surface area contributed by atoms with Crippen molar-refractivity contribution >= 4 is 17.5 Å². The molecule has 0 spiro atoms. The van der Waals surface area contributed by atoms with E-state index in [0.717, 1.165) is 0 Å². The Hall–Kier alpha value is -1.48. The summed E-state index contributed by atoms with van der Waals surface area (Å²) in [4.78, 5) is 15.8. The molecular formula is C13H13NOS. The van der Waals surface area contributed by atoms with Crippen LogP contribution in [-0.4, -0.2) is 16.5 Å². The lowest BCUT2D eigenvalue weighted by atomic mass is 10.2. The number of H-pyrrole nitrogens is 1. The predicted molar refractivity (Wildman–Crippen MR) is 67.0 cm³/mol. The second kappa shape index (κ2) is 5.03. The zero-order valence-corrected chi connectivity index (χ0v) is 9.88. The fourth-order valence-electron chi connectivity index (χ4n) is 1.44. The van der Waals surface area contributed by atoms with Crippen LogP contribution in [0.4, 0.5) is 0 Å². The molecule has 2 nitrogen and oxygen atoms in total. The smallest absolute Gasteiger partial charge is 0.189 e. The minimum Gasteiger partial charge on any atom is -0.359 e. The van der Waals surface area contributed by atoms with Gasteiger partial charge in [-0.3, -0.25) is 4.79 Å². The van der Waals surface area contributed by atoms with Crippen LogP contribution < -0.4 is 0 Å². The molecule has 0 aliphatic heterocycles. The van der Waals surface area contributed by atoms with Gasteiger partial charge in [0.15, 0.2) is 5.78 Å². The number of aromatic nitrogens is 1. The van der Waals surface area contributed by atoms with Crippen molar-refractivity contribution < 1.29 is 4.79 Å². The van der Waals surface area contributed by atoms with Crippen molar-refractivity contribution in [1.29, 1.82) is 0 Å². The topological polar surface area (TPSA) is 32.9 Å². The van der Waals surface area contributed by atoms with Gasteiger partial charge in [-0.25, -0.2) is 0 Å². The highest BCUT2D eigenvalue weighted by Crippen LogP contribution is 2.22. The van der Waals surface area contributed by atoms with Crippen molar-refractivity contribution in [3.63, 3.8) is 0 Å². The molecule has 0 unspecified atom stereocenters. The number of carbonyl (C=O) groups is 1. The van der Waals surface area contributed by atoms with Crippen LogP contribution in [0.5, 0.6) is 0 Å². The molecule has 0 aliphatic carbocycles. The average Bonchev–Trinajstić information content (AvgIpc) is 2.81. The second-order valence-electron chi connectivity index (χ2n) is 3.56. The standard InChI is InChI=1S/C13H13NOS/c1-10-5-2-3-7-13(10)16-9-12(15)11-6-4-8-14-11/h2-8,14H,9H2,1H3. The first kappa shape index (κ1) is 11.0. The van der Waals surface area contributed by atoms with Gasteiger partial charge in [-0.2, -0.15) is 0 Å². The van der Waals surface area contributed by atoms with Crippen molar-refractivity contribution in [3.05, 3.63) is 53.9 Å². The number of Topliss-reactive ketones (excluding diaryl/α,β-unsaturated/α-hetero) is 1. The molecule has 2 aromatic rings. The lowest BCUT2D eigenvalue weighted by Crippen LogP contribution is -2.02. The fourth-order valence-corrected chi connectivity index (χ4v) is 2.36. The number of hydrogen-bond acceptors (Lipinski definition) is 2. The van der Waals surface area contributed by atoms with Gasteiger partial charge >= 0.3 is 0 Å². The summed E-state index contributed by atoms with van der Waals surface area (Å²) in [6, 6.07) is 11.7. The molecule has 0 bridgehead atoms. The lowest BCUT2D eigenvalue weighted by Gasteiger charge is -2.03. The maximum Gasteiger partial charge on any atom is 0.189 e. The average molecular weight is 231 g/mol. The monoisotopic (exact) mass is 231 g/mol. The highest BCUT2D eigenvalue weighted by Gasteiger charge is 2.07. The maximum absolute atomic E-state index is 11.7. The molecule has 0 amide bonds. The van der Waals surface area contributed by atoms with E-state index in [-0.39, 0.29) is 5.78 Å². The first-order chi connectivity index (χ1) is 7.77. The van der Waals surface area contributed by atoms with Gasteiger partial charge in [-0.05, 0) is 30.7 Å². The van der Waals surface area contributed by atoms with Crippen LogP contribution >= 0.6 is 11.8 Å². The van der Waals surface area contributed by atoms with E-state index in [0.29, 0.717) is 11.4 Å². The van der Waals surface area contributed by atoms with Crippen molar-refractivity contribution in [1.82, 2.24) is 4.98 Å². The van der Waals surface area contributed by atoms with E-state index >= 15 is 0 Å². The van der Waals surface area contributed by atoms with Gasteiger partial charge < -0.3 is 4.98 Å². The Balaban J connectivity index is 1.98. The van der Waals surface area contributed by atoms with Gasteiger partial charge in [-0.1, -0.05) is 18.2 Å². The number of aryl methyl sites for hydroxylation is 1. The zero-order valence-electron chi connectivity index (χ0n) is 9.07. The summed E-state index contributed by atoms with van der Waals surface area (Å²) < 4.78 is 0. The van der Waals surface area contributed by atoms with Crippen LogP contribution in [-0.2, 0) is 0 Å². The van der Waals surface area contributed by atoms with Crippen molar-refractivity contribution in [3.8, 4) is 0 Å². The Bertz CT molecular complexity index is 476. The molecule has 2 rings (SSSR count). The van der Waals surface area contributed by atoms with E-state index in [9.17, 15) is 4.79 Å². The Morgan fingerprint density at radius 1 is 1.25 bits per heavy atom. The number of carbonyl (C=O) groups excluding carboxylic acids is 1. The molecular weight excluding hydrogens is 218 g/mol. The van der Waals surface area contributed by atoms with E-state index in [1.165, 1.54) is 10.5 Å². The molecule has 16 heavy (non-hydrogen) atoms. The molecule has 3 heteroatoms. The number of ketones is 1. The van der Waals surface area contributed by atoms with Gasteiger partial charge in [0.25, 0.3) is 0 Å². The molecule has 0 saturated carbocycles. The number of aromatic amines is 1. The first-order valence-corrected chi connectivity index (χ1v) is 6.11. The minimum absolute atomic E-state index is 0.137. The van der Waals surface area contributed by atoms with E-state index in [4.69, 9.17) is 0 Å². The molecule has 0 saturated heterocycles. The molecule has 1 aromatic carbocycles. The number of thioether (sulfide) groups is 1. The Morgan fingerprint density at radius 3 is 2.75 bits per heavy atom. The molecule has 1 heterocycles. The van der Waals surface area contributed by atoms with Crippen LogP contribution in [0.15, 0.2) is 47.5 Å². The van der Waals surface area contributed by atoms with Gasteiger partial charge in [0.2, 0.25) is 0 Å². The molecule has 0 atom stereocenters. The second-order valence-corrected chi connectivity index (χ2v) is 4.58. The molecule has 0 fully saturated rings. The third kappa shape index (κ3) is 2.55. The number of rotatable bonds is 4. The summed E-state index contributed by atoms with van der Waals surface area (Å²) >= 11 is 1.58. The molecule has 82 valence electrons. The van der Waals surface area contributed by atoms with Crippen molar-refractivity contribution in [2.24, 2.45) is 0 Å². The highest BCUT2D eigenvalue weighted by molar-refractivity contribution is 8.00. The van der Waals surface area contributed by atoms with E-state index in [1.54, 1.807) is 24.0 Å². The fraction of sp³-hybridized carbons (Fsp3) is 0.154. The largest absolute Gasteiger partial charge is 0.359 e. The molecule has 0 radical (unpaired) electrons. The minimum atomic E-state index is 0.137. The lowest BCUT2D eigenvalue weighted by molar-refractivity contribution is 0.101. The summed E-state index contributed by atoms with van der Waals surface area (Å²) in [5.41, 5.74) is 1.90. The van der Waals surface area contributed by atoms with Gasteiger partial charge in [0, 0.05) is 11.1 Å². The van der Waals surface area contributed by atoms with Crippen LogP contribution in [0.3, 0.4) is 0 Å². The first-order valence-electron chi connectivity index (χ1n) is 5.12. The van der Waals surface area contributed by atoms with Crippen molar-refractivity contribution in [2.45, 2.75) is 11.8 Å². The normalized spacial score (nSPS) is 10.3. The highest BCUT2D eigenvalue weighted by atomic mass is 32.2. The summed E-state index contributed by atoms with van der Waals surface area (Å²) in [6.07, 6.45) is 1.77. The summed E-state index contributed by atoms with van der Waals surface area (Å²) in [6.45, 7) is 2.06. The summed E-state index contributed by atoms with van der Waals surface area (Å²) in [5, 5.41) is 0. The van der Waals surface area contributed by atoms with Crippen LogP contribution in [0, 0.1) is 6.92 Å². The Morgan fingerprint density at radius 2 is 2.06 bits per heavy atom.